The number of aromatic amines is 1. The van der Waals surface area contributed by atoms with Crippen LogP contribution in [0.2, 0.25) is 0 Å². The number of fused-ring (bicyclic) bond motifs is 4. The molecule has 4 aromatic carbocycles. The Hall–Kier alpha value is -4.25. The molecular formula is C28H23N3O2. The minimum absolute atomic E-state index is 0.0572. The summed E-state index contributed by atoms with van der Waals surface area (Å²) < 4.78 is 0. The average Bonchev–Trinajstić information content (AvgIpc) is 3.43. The van der Waals surface area contributed by atoms with Gasteiger partial charge in [0.15, 0.2) is 0 Å². The van der Waals surface area contributed by atoms with E-state index in [1.54, 1.807) is 11.0 Å². The second-order valence-electron chi connectivity index (χ2n) is 8.70. The number of rotatable bonds is 2. The van der Waals surface area contributed by atoms with Crippen molar-refractivity contribution in [2.45, 2.75) is 13.3 Å². The molecule has 6 rings (SSSR count). The van der Waals surface area contributed by atoms with Gasteiger partial charge in [-0.05, 0) is 71.8 Å². The number of carbonyl (C=O) groups excluding carboxylic acids is 1. The van der Waals surface area contributed by atoms with Crippen molar-refractivity contribution in [1.82, 2.24) is 4.98 Å². The Balaban J connectivity index is 1.39. The van der Waals surface area contributed by atoms with Crippen LogP contribution < -0.4 is 10.6 Å². The Bertz CT molecular complexity index is 1560. The van der Waals surface area contributed by atoms with Gasteiger partial charge in [-0.15, -0.1) is 0 Å². The fraction of sp³-hybridized carbons (Fsp3) is 0.107. The first-order chi connectivity index (χ1) is 16.0. The molecular weight excluding hydrogens is 410 g/mol. The van der Waals surface area contributed by atoms with Gasteiger partial charge in [-0.2, -0.15) is 0 Å². The van der Waals surface area contributed by atoms with Crippen LogP contribution in [0.1, 0.15) is 21.5 Å². The summed E-state index contributed by atoms with van der Waals surface area (Å²) in [6.07, 6.45) is 0.774. The molecule has 0 bridgehead atoms. The molecule has 2 heterocycles. The third kappa shape index (κ3) is 3.04. The fourth-order valence-electron chi connectivity index (χ4n) is 4.99. The number of aromatic nitrogens is 1. The highest BCUT2D eigenvalue weighted by Gasteiger charge is 2.29. The molecule has 0 saturated carbocycles. The van der Waals surface area contributed by atoms with E-state index < -0.39 is 0 Å². The maximum absolute atomic E-state index is 13.5. The van der Waals surface area contributed by atoms with E-state index >= 15 is 0 Å². The molecule has 1 aromatic heterocycles. The first-order valence-corrected chi connectivity index (χ1v) is 11.0. The van der Waals surface area contributed by atoms with E-state index in [4.69, 9.17) is 5.73 Å². The van der Waals surface area contributed by atoms with E-state index in [1.807, 2.05) is 67.6 Å². The summed E-state index contributed by atoms with van der Waals surface area (Å²) in [5, 5.41) is 13.5. The van der Waals surface area contributed by atoms with Crippen molar-refractivity contribution in [2.24, 2.45) is 0 Å². The van der Waals surface area contributed by atoms with Crippen molar-refractivity contribution in [3.8, 4) is 17.0 Å². The number of H-pyrrole nitrogens is 1. The standard InChI is InChI=1S/C28H23N3O2/c1-16-3-2-4-22-26(32)15-25-21(27(16)22)11-12-31(25)28(33)18-7-10-23-19(13-18)14-24(30-23)17-5-8-20(29)9-6-17/h2-10,13-15,30,32H,11-12,29H2,1H3. The maximum atomic E-state index is 13.5. The number of nitrogens with one attached hydrogen (secondary N) is 1. The molecule has 0 saturated heterocycles. The van der Waals surface area contributed by atoms with Crippen molar-refractivity contribution in [1.29, 1.82) is 0 Å². The smallest absolute Gasteiger partial charge is 0.258 e. The van der Waals surface area contributed by atoms with Crippen molar-refractivity contribution in [2.75, 3.05) is 17.2 Å². The maximum Gasteiger partial charge on any atom is 0.258 e. The first-order valence-electron chi connectivity index (χ1n) is 11.0. The Kier molecular flexibility index (Phi) is 4.20. The quantitative estimate of drug-likeness (QED) is 0.308. The van der Waals surface area contributed by atoms with Crippen LogP contribution in [0.15, 0.2) is 72.8 Å². The SMILES string of the molecule is Cc1cccc2c(O)cc3c(c12)CCN3C(=O)c1ccc2[nH]c(-c3ccc(N)cc3)cc2c1. The van der Waals surface area contributed by atoms with Gasteiger partial charge in [0.25, 0.3) is 5.91 Å². The van der Waals surface area contributed by atoms with Crippen LogP contribution >= 0.6 is 0 Å². The van der Waals surface area contributed by atoms with E-state index in [2.05, 4.69) is 11.1 Å². The molecule has 0 atom stereocenters. The average molecular weight is 434 g/mol. The molecule has 1 aliphatic rings. The van der Waals surface area contributed by atoms with Gasteiger partial charge < -0.3 is 20.7 Å². The van der Waals surface area contributed by atoms with Crippen LogP contribution in [0.4, 0.5) is 11.4 Å². The molecule has 0 aliphatic carbocycles. The van der Waals surface area contributed by atoms with E-state index in [0.29, 0.717) is 12.1 Å². The highest BCUT2D eigenvalue weighted by molar-refractivity contribution is 6.11. The molecule has 0 unspecified atom stereocenters. The molecule has 0 radical (unpaired) electrons. The summed E-state index contributed by atoms with van der Waals surface area (Å²) in [5.41, 5.74) is 13.2. The van der Waals surface area contributed by atoms with Gasteiger partial charge in [-0.3, -0.25) is 4.79 Å². The van der Waals surface area contributed by atoms with Crippen LogP contribution in [-0.2, 0) is 6.42 Å². The minimum atomic E-state index is -0.0572. The number of amides is 1. The lowest BCUT2D eigenvalue weighted by atomic mass is 9.97. The highest BCUT2D eigenvalue weighted by atomic mass is 16.3. The molecule has 5 aromatic rings. The molecule has 0 spiro atoms. The predicted molar refractivity (Wildman–Crippen MR) is 134 cm³/mol. The Morgan fingerprint density at radius 3 is 2.67 bits per heavy atom. The molecule has 4 N–H and O–H groups in total. The Labute approximate surface area is 191 Å². The lowest BCUT2D eigenvalue weighted by molar-refractivity contribution is 0.0989. The third-order valence-corrected chi connectivity index (χ3v) is 6.64. The molecule has 5 heteroatoms. The number of nitrogen functional groups attached to an aromatic ring is 1. The number of benzene rings is 4. The normalized spacial score (nSPS) is 13.1. The zero-order valence-corrected chi connectivity index (χ0v) is 18.2. The summed E-state index contributed by atoms with van der Waals surface area (Å²) in [5.74, 6) is 0.152. The van der Waals surface area contributed by atoms with Crippen LogP contribution in [0, 0.1) is 6.92 Å². The second-order valence-corrected chi connectivity index (χ2v) is 8.70. The van der Waals surface area contributed by atoms with Crippen LogP contribution in [0.5, 0.6) is 5.75 Å². The molecule has 162 valence electrons. The molecule has 33 heavy (non-hydrogen) atoms. The van der Waals surface area contributed by atoms with Crippen LogP contribution in [-0.4, -0.2) is 22.5 Å². The van der Waals surface area contributed by atoms with Crippen molar-refractivity contribution in [3.05, 3.63) is 89.5 Å². The zero-order chi connectivity index (χ0) is 22.7. The lowest BCUT2D eigenvalue weighted by Gasteiger charge is -2.19. The van der Waals surface area contributed by atoms with Crippen molar-refractivity contribution in [3.63, 3.8) is 0 Å². The number of phenols is 1. The zero-order valence-electron chi connectivity index (χ0n) is 18.2. The summed E-state index contributed by atoms with van der Waals surface area (Å²) in [6.45, 7) is 2.65. The number of nitrogens with zero attached hydrogens (tertiary/aromatic N) is 1. The highest BCUT2D eigenvalue weighted by Crippen LogP contribution is 2.41. The third-order valence-electron chi connectivity index (χ3n) is 6.64. The predicted octanol–water partition coefficient (Wildman–Crippen LogP) is 5.79. The van der Waals surface area contributed by atoms with Crippen LogP contribution in [0.3, 0.4) is 0 Å². The molecule has 0 fully saturated rings. The van der Waals surface area contributed by atoms with Gasteiger partial charge >= 0.3 is 0 Å². The molecule has 5 nitrogen and oxygen atoms in total. The number of aryl methyl sites for hydroxylation is 1. The summed E-state index contributed by atoms with van der Waals surface area (Å²) in [4.78, 5) is 18.7. The monoisotopic (exact) mass is 433 g/mol. The number of hydrogen-bond donors (Lipinski definition) is 3. The van der Waals surface area contributed by atoms with E-state index in [0.717, 1.165) is 61.9 Å². The van der Waals surface area contributed by atoms with Gasteiger partial charge in [0.1, 0.15) is 5.75 Å². The first kappa shape index (κ1) is 19.4. The largest absolute Gasteiger partial charge is 0.507 e. The number of hydrogen-bond acceptors (Lipinski definition) is 3. The second kappa shape index (κ2) is 7.14. The van der Waals surface area contributed by atoms with Gasteiger partial charge in [0, 0.05) is 45.8 Å². The van der Waals surface area contributed by atoms with Crippen molar-refractivity contribution < 1.29 is 9.90 Å². The van der Waals surface area contributed by atoms with Gasteiger partial charge in [0.2, 0.25) is 0 Å². The lowest BCUT2D eigenvalue weighted by Crippen LogP contribution is -2.28. The Morgan fingerprint density at radius 2 is 1.85 bits per heavy atom. The fourth-order valence-corrected chi connectivity index (χ4v) is 4.99. The van der Waals surface area contributed by atoms with Gasteiger partial charge in [-0.25, -0.2) is 0 Å². The van der Waals surface area contributed by atoms with E-state index in [-0.39, 0.29) is 11.7 Å². The number of nitrogens with two attached hydrogens (primary N) is 1. The Morgan fingerprint density at radius 1 is 1.03 bits per heavy atom. The molecule has 1 amide bonds. The molecule has 1 aliphatic heterocycles. The number of carbonyl (C=O) groups is 1. The van der Waals surface area contributed by atoms with Gasteiger partial charge in [0.05, 0.1) is 5.69 Å². The summed E-state index contributed by atoms with van der Waals surface area (Å²) in [7, 11) is 0. The summed E-state index contributed by atoms with van der Waals surface area (Å²) >= 11 is 0. The van der Waals surface area contributed by atoms with Gasteiger partial charge in [-0.1, -0.05) is 30.3 Å². The number of aromatic hydroxyl groups is 1. The summed E-state index contributed by atoms with van der Waals surface area (Å²) in [6, 6.07) is 23.2. The van der Waals surface area contributed by atoms with Crippen LogP contribution in [0.25, 0.3) is 32.9 Å². The minimum Gasteiger partial charge on any atom is -0.507 e. The van der Waals surface area contributed by atoms with Crippen molar-refractivity contribution >= 4 is 39.0 Å². The topological polar surface area (TPSA) is 82.3 Å². The number of phenolic OH excluding ortho intramolecular Hbond substituents is 1. The number of anilines is 2. The van der Waals surface area contributed by atoms with E-state index in [9.17, 15) is 9.90 Å². The van der Waals surface area contributed by atoms with E-state index in [1.165, 1.54) is 0 Å².